The number of amides is 2. The smallest absolute Gasteiger partial charge is 0.376 e. The third kappa shape index (κ3) is 8.54. The molecule has 2 N–H and O–H groups in total. The standard InChI is InChI=1S/C29H34F3N5O4S2/c1-28(2,3)41-18-8-17-37(22-13-11-21(12-14-22)34-27(38)33-20-9-6-5-7-10-20)43(39,40)26-16-15-24(42-26)23-19-25(29(30,31)32)35-36(23)4/h5-7,9-15,19,26H,8,16-18H2,1-4H3,(H2,33,34,38). The SMILES string of the molecule is Cn1nc(C(F)(F)F)cc1C1=CCC(S(=O)(=O)N(CCCOC(C)(C)C)c2ccc(NC(=O)Nc3ccccc3)cc2)S1. The molecule has 1 atom stereocenters. The summed E-state index contributed by atoms with van der Waals surface area (Å²) in [5.41, 5.74) is 0.235. The van der Waals surface area contributed by atoms with Gasteiger partial charge in [0.15, 0.2) is 5.69 Å². The maximum atomic E-state index is 14.0. The van der Waals surface area contributed by atoms with Gasteiger partial charge in [0.05, 0.1) is 17.0 Å². The van der Waals surface area contributed by atoms with Gasteiger partial charge in [-0.05, 0) is 76.1 Å². The van der Waals surface area contributed by atoms with Crippen LogP contribution in [0.4, 0.5) is 35.0 Å². The molecule has 0 bridgehead atoms. The zero-order valence-electron chi connectivity index (χ0n) is 24.2. The number of benzene rings is 2. The van der Waals surface area contributed by atoms with Crippen molar-refractivity contribution in [1.29, 1.82) is 0 Å². The minimum atomic E-state index is -4.61. The van der Waals surface area contributed by atoms with Gasteiger partial charge in [-0.2, -0.15) is 18.3 Å². The molecule has 14 heteroatoms. The molecule has 0 spiro atoms. The summed E-state index contributed by atoms with van der Waals surface area (Å²) in [6, 6.07) is 15.8. The van der Waals surface area contributed by atoms with Gasteiger partial charge in [-0.1, -0.05) is 24.3 Å². The van der Waals surface area contributed by atoms with Crippen molar-refractivity contribution in [2.24, 2.45) is 7.05 Å². The van der Waals surface area contributed by atoms with Crippen molar-refractivity contribution in [3.63, 3.8) is 0 Å². The number of sulfonamides is 1. The van der Waals surface area contributed by atoms with E-state index in [1.54, 1.807) is 54.6 Å². The number of hydrogen-bond acceptors (Lipinski definition) is 6. The normalized spacial score (nSPS) is 15.7. The van der Waals surface area contributed by atoms with Crippen LogP contribution in [0, 0.1) is 0 Å². The number of nitrogens with one attached hydrogen (secondary N) is 2. The van der Waals surface area contributed by atoms with Crippen LogP contribution >= 0.6 is 11.8 Å². The second-order valence-electron chi connectivity index (χ2n) is 10.8. The van der Waals surface area contributed by atoms with Gasteiger partial charge in [0, 0.05) is 36.5 Å². The zero-order chi connectivity index (χ0) is 31.4. The summed E-state index contributed by atoms with van der Waals surface area (Å²) < 4.78 is 74.8. The molecule has 1 aliphatic rings. The third-order valence-electron chi connectivity index (χ3n) is 6.30. The second kappa shape index (κ2) is 13.0. The Morgan fingerprint density at radius 2 is 1.70 bits per heavy atom. The molecule has 0 saturated carbocycles. The minimum absolute atomic E-state index is 0.114. The van der Waals surface area contributed by atoms with Crippen molar-refractivity contribution in [3.8, 4) is 0 Å². The number of aryl methyl sites for hydroxylation is 1. The first kappa shape index (κ1) is 32.4. The number of allylic oxidation sites excluding steroid dienone is 1. The number of anilines is 3. The van der Waals surface area contributed by atoms with E-state index in [0.717, 1.165) is 22.5 Å². The fourth-order valence-electron chi connectivity index (χ4n) is 4.28. The highest BCUT2D eigenvalue weighted by Crippen LogP contribution is 2.44. The highest BCUT2D eigenvalue weighted by molar-refractivity contribution is 8.19. The number of thioether (sulfide) groups is 1. The molecule has 1 unspecified atom stereocenters. The van der Waals surface area contributed by atoms with Crippen LogP contribution in [0.1, 0.15) is 45.0 Å². The highest BCUT2D eigenvalue weighted by Gasteiger charge is 2.39. The van der Waals surface area contributed by atoms with Gasteiger partial charge in [-0.3, -0.25) is 8.99 Å². The number of carbonyl (C=O) groups excluding carboxylic acids is 1. The Balaban J connectivity index is 1.50. The van der Waals surface area contributed by atoms with Gasteiger partial charge >= 0.3 is 12.2 Å². The summed E-state index contributed by atoms with van der Waals surface area (Å²) in [7, 11) is -2.59. The van der Waals surface area contributed by atoms with E-state index < -0.39 is 38.1 Å². The van der Waals surface area contributed by atoms with Crippen LogP contribution in [0.25, 0.3) is 4.91 Å². The average molecular weight is 638 g/mol. The van der Waals surface area contributed by atoms with Gasteiger partial charge in [0.25, 0.3) is 0 Å². The fraction of sp³-hybridized carbons (Fsp3) is 0.379. The van der Waals surface area contributed by atoms with E-state index in [-0.39, 0.29) is 18.7 Å². The number of ether oxygens (including phenoxy) is 1. The maximum absolute atomic E-state index is 14.0. The fourth-order valence-corrected chi connectivity index (χ4v) is 7.79. The lowest BCUT2D eigenvalue weighted by molar-refractivity contribution is -0.141. The first-order chi connectivity index (χ1) is 20.1. The Labute approximate surface area is 253 Å². The Kier molecular flexibility index (Phi) is 9.82. The van der Waals surface area contributed by atoms with Gasteiger partial charge in [0.2, 0.25) is 10.0 Å². The van der Waals surface area contributed by atoms with Crippen LogP contribution in [0.2, 0.25) is 0 Å². The Morgan fingerprint density at radius 3 is 2.28 bits per heavy atom. The van der Waals surface area contributed by atoms with Crippen LogP contribution in [-0.2, 0) is 28.0 Å². The van der Waals surface area contributed by atoms with Crippen molar-refractivity contribution < 1.29 is 31.1 Å². The monoisotopic (exact) mass is 637 g/mol. The predicted molar refractivity (Wildman–Crippen MR) is 164 cm³/mol. The first-order valence-electron chi connectivity index (χ1n) is 13.5. The number of rotatable bonds is 10. The lowest BCUT2D eigenvalue weighted by Crippen LogP contribution is -2.38. The molecule has 0 radical (unpaired) electrons. The van der Waals surface area contributed by atoms with Gasteiger partial charge < -0.3 is 15.4 Å². The molecule has 0 fully saturated rings. The number of alkyl halides is 3. The number of urea groups is 1. The minimum Gasteiger partial charge on any atom is -0.376 e. The topological polar surface area (TPSA) is 106 Å². The molecule has 2 heterocycles. The van der Waals surface area contributed by atoms with E-state index in [0.29, 0.717) is 35.0 Å². The molecular formula is C29H34F3N5O4S2. The molecule has 4 rings (SSSR count). The van der Waals surface area contributed by atoms with Crippen molar-refractivity contribution in [2.45, 2.75) is 50.0 Å². The zero-order valence-corrected chi connectivity index (χ0v) is 25.8. The van der Waals surface area contributed by atoms with E-state index >= 15 is 0 Å². The molecule has 232 valence electrons. The van der Waals surface area contributed by atoms with Gasteiger partial charge in [0.1, 0.15) is 4.58 Å². The number of hydrogen-bond donors (Lipinski definition) is 2. The molecule has 9 nitrogen and oxygen atoms in total. The summed E-state index contributed by atoms with van der Waals surface area (Å²) in [6.45, 7) is 6.17. The molecular weight excluding hydrogens is 603 g/mol. The second-order valence-corrected chi connectivity index (χ2v) is 14.4. The Bertz CT molecular complexity index is 1550. The van der Waals surface area contributed by atoms with Crippen LogP contribution in [0.15, 0.2) is 66.7 Å². The van der Waals surface area contributed by atoms with Gasteiger partial charge in [-0.25, -0.2) is 13.2 Å². The summed E-state index contributed by atoms with van der Waals surface area (Å²) >= 11 is 0.995. The van der Waals surface area contributed by atoms with E-state index in [1.807, 2.05) is 26.8 Å². The third-order valence-corrected chi connectivity index (χ3v) is 10.3. The lowest BCUT2D eigenvalue weighted by Gasteiger charge is -2.28. The van der Waals surface area contributed by atoms with E-state index in [4.69, 9.17) is 4.74 Å². The summed E-state index contributed by atoms with van der Waals surface area (Å²) in [5, 5.41) is 8.99. The number of carbonyl (C=O) groups is 1. The molecule has 1 aromatic heterocycles. The summed E-state index contributed by atoms with van der Waals surface area (Å²) in [6.07, 6.45) is -2.46. The van der Waals surface area contributed by atoms with E-state index in [9.17, 15) is 26.4 Å². The van der Waals surface area contributed by atoms with Crippen molar-refractivity contribution >= 4 is 49.8 Å². The number of para-hydroxylation sites is 1. The van der Waals surface area contributed by atoms with Crippen molar-refractivity contribution in [2.75, 3.05) is 28.1 Å². The lowest BCUT2D eigenvalue weighted by atomic mass is 10.2. The quantitative estimate of drug-likeness (QED) is 0.234. The van der Waals surface area contributed by atoms with E-state index in [2.05, 4.69) is 15.7 Å². The summed E-state index contributed by atoms with van der Waals surface area (Å²) in [5.74, 6) is 0. The molecule has 0 aliphatic carbocycles. The molecule has 43 heavy (non-hydrogen) atoms. The molecule has 1 aliphatic heterocycles. The summed E-state index contributed by atoms with van der Waals surface area (Å²) in [4.78, 5) is 12.8. The predicted octanol–water partition coefficient (Wildman–Crippen LogP) is 6.93. The van der Waals surface area contributed by atoms with Gasteiger partial charge in [-0.15, -0.1) is 11.8 Å². The molecule has 2 amide bonds. The van der Waals surface area contributed by atoms with Crippen LogP contribution < -0.4 is 14.9 Å². The van der Waals surface area contributed by atoms with E-state index in [1.165, 1.54) is 11.4 Å². The van der Waals surface area contributed by atoms with Crippen molar-refractivity contribution in [3.05, 3.63) is 78.1 Å². The molecule has 2 aromatic carbocycles. The first-order valence-corrected chi connectivity index (χ1v) is 15.9. The number of aromatic nitrogens is 2. The number of halogens is 3. The Hall–Kier alpha value is -3.49. The Morgan fingerprint density at radius 1 is 1.07 bits per heavy atom. The largest absolute Gasteiger partial charge is 0.435 e. The van der Waals surface area contributed by atoms with Crippen LogP contribution in [0.5, 0.6) is 0 Å². The molecule has 0 saturated heterocycles. The van der Waals surface area contributed by atoms with Crippen molar-refractivity contribution in [1.82, 2.24) is 9.78 Å². The van der Waals surface area contributed by atoms with Crippen LogP contribution in [0.3, 0.4) is 0 Å². The highest BCUT2D eigenvalue weighted by atomic mass is 32.3. The molecule has 3 aromatic rings. The average Bonchev–Trinajstić information content (AvgIpc) is 3.56. The van der Waals surface area contributed by atoms with Crippen LogP contribution in [-0.4, -0.2) is 47.6 Å². The number of nitrogens with zero attached hydrogens (tertiary/aromatic N) is 3. The maximum Gasteiger partial charge on any atom is 0.435 e.